The summed E-state index contributed by atoms with van der Waals surface area (Å²) in [7, 11) is 0. The number of ether oxygens (including phenoxy) is 2. The zero-order valence-corrected chi connectivity index (χ0v) is 19.2. The Labute approximate surface area is 181 Å². The number of carbonyl (C=O) groups excluding carboxylic acids is 2. The first kappa shape index (κ1) is 24.2. The van der Waals surface area contributed by atoms with Crippen LogP contribution >= 0.6 is 11.6 Å². The molecular formula is C21H31ClN2O6. The maximum atomic E-state index is 12.5. The van der Waals surface area contributed by atoms with Crippen LogP contribution in [0.1, 0.15) is 58.3 Å². The van der Waals surface area contributed by atoms with Crippen LogP contribution in [-0.2, 0) is 16.0 Å². The number of rotatable bonds is 4. The molecule has 1 aromatic heterocycles. The third kappa shape index (κ3) is 5.35. The first-order chi connectivity index (χ1) is 13.7. The highest BCUT2D eigenvalue weighted by molar-refractivity contribution is 6.33. The quantitative estimate of drug-likeness (QED) is 0.719. The Hall–Kier alpha value is -2.06. The molecule has 0 spiro atoms. The summed E-state index contributed by atoms with van der Waals surface area (Å²) in [5.74, 6) is -0.637. The fourth-order valence-corrected chi connectivity index (χ4v) is 3.67. The van der Waals surface area contributed by atoms with Crippen molar-refractivity contribution in [3.05, 3.63) is 33.2 Å². The Kier molecular flexibility index (Phi) is 6.93. The Morgan fingerprint density at radius 3 is 2.47 bits per heavy atom. The van der Waals surface area contributed by atoms with Crippen molar-refractivity contribution in [1.29, 1.82) is 0 Å². The lowest BCUT2D eigenvalue weighted by molar-refractivity contribution is -0.126. The molecule has 9 heteroatoms. The van der Waals surface area contributed by atoms with E-state index >= 15 is 0 Å². The van der Waals surface area contributed by atoms with E-state index in [0.717, 1.165) is 6.07 Å². The fourth-order valence-electron chi connectivity index (χ4n) is 3.45. The molecule has 1 N–H and O–H groups in total. The Bertz CT molecular complexity index is 873. The van der Waals surface area contributed by atoms with Crippen LogP contribution in [-0.4, -0.2) is 57.5 Å². The van der Waals surface area contributed by atoms with Gasteiger partial charge in [-0.15, -0.1) is 0 Å². The van der Waals surface area contributed by atoms with Crippen molar-refractivity contribution >= 4 is 23.7 Å². The summed E-state index contributed by atoms with van der Waals surface area (Å²) >= 11 is 6.04. The number of pyridine rings is 1. The molecule has 0 bridgehead atoms. The standard InChI is InChI=1S/C21H31ClN2O6/c1-7-29-17(26)14-11-24(16(25)10-15(14)22)13-21(28)8-9-23(12-20(21,5)6)18(27)30-19(2,3)4/h10-11,28H,7-9,12-13H2,1-6H3/t21-/m0/s1. The summed E-state index contributed by atoms with van der Waals surface area (Å²) in [4.78, 5) is 38.6. The van der Waals surface area contributed by atoms with E-state index in [1.807, 2.05) is 13.8 Å². The van der Waals surface area contributed by atoms with E-state index < -0.39 is 34.2 Å². The molecule has 1 atom stereocenters. The molecule has 168 valence electrons. The predicted octanol–water partition coefficient (Wildman–Crippen LogP) is 3.08. The molecule has 0 radical (unpaired) electrons. The van der Waals surface area contributed by atoms with Crippen molar-refractivity contribution in [2.24, 2.45) is 5.41 Å². The summed E-state index contributed by atoms with van der Waals surface area (Å²) in [6.45, 7) is 11.4. The molecule has 2 rings (SSSR count). The molecule has 1 saturated heterocycles. The van der Waals surface area contributed by atoms with Gasteiger partial charge in [0.1, 0.15) is 5.60 Å². The fraction of sp³-hybridized carbons (Fsp3) is 0.667. The number of aromatic nitrogens is 1. The summed E-state index contributed by atoms with van der Waals surface area (Å²) in [6.07, 6.45) is 1.12. The highest BCUT2D eigenvalue weighted by atomic mass is 35.5. The molecule has 0 unspecified atom stereocenters. The largest absolute Gasteiger partial charge is 0.462 e. The Morgan fingerprint density at radius 2 is 1.93 bits per heavy atom. The van der Waals surface area contributed by atoms with Crippen LogP contribution in [0.2, 0.25) is 5.02 Å². The van der Waals surface area contributed by atoms with Crippen molar-refractivity contribution in [3.63, 3.8) is 0 Å². The first-order valence-electron chi connectivity index (χ1n) is 9.96. The maximum Gasteiger partial charge on any atom is 0.410 e. The topological polar surface area (TPSA) is 98.1 Å². The Morgan fingerprint density at radius 1 is 1.30 bits per heavy atom. The van der Waals surface area contributed by atoms with E-state index in [-0.39, 0.29) is 43.2 Å². The number of nitrogens with zero attached hydrogens (tertiary/aromatic N) is 2. The van der Waals surface area contributed by atoms with Crippen LogP contribution in [0, 0.1) is 5.41 Å². The number of piperidine rings is 1. The second-order valence-corrected chi connectivity index (χ2v) is 9.70. The van der Waals surface area contributed by atoms with Gasteiger partial charge in [-0.05, 0) is 34.1 Å². The lowest BCUT2D eigenvalue weighted by atomic mass is 9.70. The number of halogens is 1. The number of carbonyl (C=O) groups is 2. The number of likely N-dealkylation sites (tertiary alicyclic amines) is 1. The normalized spacial score (nSPS) is 21.3. The van der Waals surface area contributed by atoms with Crippen molar-refractivity contribution in [1.82, 2.24) is 9.47 Å². The van der Waals surface area contributed by atoms with Crippen molar-refractivity contribution in [3.8, 4) is 0 Å². The van der Waals surface area contributed by atoms with Crippen LogP contribution in [0.3, 0.4) is 0 Å². The van der Waals surface area contributed by atoms with Crippen LogP contribution < -0.4 is 5.56 Å². The van der Waals surface area contributed by atoms with Gasteiger partial charge >= 0.3 is 12.1 Å². The van der Waals surface area contributed by atoms with Crippen molar-refractivity contribution in [2.75, 3.05) is 19.7 Å². The first-order valence-corrected chi connectivity index (χ1v) is 10.3. The van der Waals surface area contributed by atoms with Crippen LogP contribution in [0.5, 0.6) is 0 Å². The van der Waals surface area contributed by atoms with Crippen molar-refractivity contribution in [2.45, 2.75) is 65.7 Å². The summed E-state index contributed by atoms with van der Waals surface area (Å²) in [5.41, 5.74) is -3.03. The summed E-state index contributed by atoms with van der Waals surface area (Å²) < 4.78 is 11.7. The van der Waals surface area contributed by atoms with E-state index in [1.165, 1.54) is 10.8 Å². The Balaban J connectivity index is 2.26. The number of amides is 1. The van der Waals surface area contributed by atoms with Gasteiger partial charge in [0, 0.05) is 30.8 Å². The lowest BCUT2D eigenvalue weighted by Gasteiger charge is -2.50. The van der Waals surface area contributed by atoms with Crippen molar-refractivity contribution < 1.29 is 24.2 Å². The van der Waals surface area contributed by atoms with Gasteiger partial charge in [-0.2, -0.15) is 0 Å². The van der Waals surface area contributed by atoms with E-state index in [1.54, 1.807) is 32.6 Å². The summed E-state index contributed by atoms with van der Waals surface area (Å²) in [6, 6.07) is 1.14. The minimum absolute atomic E-state index is 0.000644. The van der Waals surface area contributed by atoms with Gasteiger partial charge in [-0.1, -0.05) is 25.4 Å². The van der Waals surface area contributed by atoms with E-state index in [0.29, 0.717) is 0 Å². The molecule has 1 amide bonds. The number of esters is 1. The molecule has 1 fully saturated rings. The third-order valence-electron chi connectivity index (χ3n) is 5.30. The zero-order chi connectivity index (χ0) is 22.9. The molecular weight excluding hydrogens is 412 g/mol. The smallest absolute Gasteiger partial charge is 0.410 e. The van der Waals surface area contributed by atoms with Gasteiger partial charge in [0.25, 0.3) is 5.56 Å². The maximum absolute atomic E-state index is 12.5. The molecule has 8 nitrogen and oxygen atoms in total. The molecule has 0 aliphatic carbocycles. The van der Waals surface area contributed by atoms with Crippen LogP contribution in [0.15, 0.2) is 17.1 Å². The molecule has 30 heavy (non-hydrogen) atoms. The van der Waals surface area contributed by atoms with Gasteiger partial charge in [-0.25, -0.2) is 9.59 Å². The highest BCUT2D eigenvalue weighted by Crippen LogP contribution is 2.40. The van der Waals surface area contributed by atoms with Gasteiger partial charge in [-0.3, -0.25) is 4.79 Å². The second kappa shape index (κ2) is 8.59. The van der Waals surface area contributed by atoms with E-state index in [9.17, 15) is 19.5 Å². The molecule has 2 heterocycles. The predicted molar refractivity (Wildman–Crippen MR) is 113 cm³/mol. The molecule has 1 aliphatic heterocycles. The number of aliphatic hydroxyl groups is 1. The average molecular weight is 443 g/mol. The SMILES string of the molecule is CCOC(=O)c1cn(C[C@@]2(O)CCN(C(=O)OC(C)(C)C)CC2(C)C)c(=O)cc1Cl. The van der Waals surface area contributed by atoms with Crippen LogP contribution in [0.25, 0.3) is 0 Å². The monoisotopic (exact) mass is 442 g/mol. The van der Waals surface area contributed by atoms with Gasteiger partial charge in [0.2, 0.25) is 0 Å². The zero-order valence-electron chi connectivity index (χ0n) is 18.5. The highest BCUT2D eigenvalue weighted by Gasteiger charge is 2.49. The van der Waals surface area contributed by atoms with E-state index in [2.05, 4.69) is 0 Å². The molecule has 0 saturated carbocycles. The third-order valence-corrected chi connectivity index (χ3v) is 5.61. The molecule has 0 aromatic carbocycles. The van der Waals surface area contributed by atoms with Crippen LogP contribution in [0.4, 0.5) is 4.79 Å². The average Bonchev–Trinajstić information content (AvgIpc) is 2.58. The number of hydrogen-bond donors (Lipinski definition) is 1. The van der Waals surface area contributed by atoms with Gasteiger partial charge in [0.05, 0.1) is 29.3 Å². The minimum atomic E-state index is -1.30. The van der Waals surface area contributed by atoms with Gasteiger partial charge in [0.15, 0.2) is 0 Å². The molecule has 1 aliphatic rings. The minimum Gasteiger partial charge on any atom is -0.462 e. The second-order valence-electron chi connectivity index (χ2n) is 9.29. The lowest BCUT2D eigenvalue weighted by Crippen LogP contribution is -2.61. The number of hydrogen-bond acceptors (Lipinski definition) is 6. The summed E-state index contributed by atoms with van der Waals surface area (Å²) in [5, 5.41) is 11.4. The van der Waals surface area contributed by atoms with E-state index in [4.69, 9.17) is 21.1 Å². The van der Waals surface area contributed by atoms with Gasteiger partial charge < -0.3 is 24.0 Å². The molecule has 1 aromatic rings.